The molecule has 0 aromatic heterocycles. The molecule has 9 atom stereocenters. The highest BCUT2D eigenvalue weighted by Crippen LogP contribution is 2.76. The quantitative estimate of drug-likeness (QED) is 0.270. The summed E-state index contributed by atoms with van der Waals surface area (Å²) in [6, 6.07) is 7.67. The lowest BCUT2D eigenvalue weighted by molar-refractivity contribution is -0.218. The maximum atomic E-state index is 13.8. The van der Waals surface area contributed by atoms with E-state index in [4.69, 9.17) is 0 Å². The van der Waals surface area contributed by atoms with Gasteiger partial charge in [-0.05, 0) is 166 Å². The van der Waals surface area contributed by atoms with Gasteiger partial charge in [-0.15, -0.1) is 0 Å². The number of rotatable bonds is 8. The van der Waals surface area contributed by atoms with E-state index in [1.54, 1.807) is 12.1 Å². The Morgan fingerprint density at radius 3 is 2.20 bits per heavy atom. The molecule has 4 saturated carbocycles. The van der Waals surface area contributed by atoms with Crippen molar-refractivity contribution in [3.63, 3.8) is 0 Å². The number of nitrogens with zero attached hydrogens (tertiary/aromatic N) is 2. The number of fused-ring (bicyclic) bond motifs is 7. The van der Waals surface area contributed by atoms with Crippen LogP contribution in [0.15, 0.2) is 42.5 Å². The first-order valence-electron chi connectivity index (χ1n) is 19.3. The standard InChI is InChI=1S/C43H65N3O3/c1-28(2)31-18-23-43(44-38(49)46(10)27-11-26-45(8)9)25-24-41(6)33(36(31)43)16-17-35-40(5)21-19-32(29-12-14-30(15-13-29)37(47)48)39(3,4)34(40)20-22-42(35,41)7/h12-15,19,31,33-36H,1,11,16-18,20-27H2,2-10H3,(H,44,49)(H,47,48). The van der Waals surface area contributed by atoms with Crippen LogP contribution in [0.5, 0.6) is 0 Å². The number of amides is 2. The van der Waals surface area contributed by atoms with E-state index in [1.165, 1.54) is 48.8 Å². The molecule has 4 fully saturated rings. The molecule has 5 aliphatic rings. The number of nitrogens with one attached hydrogen (secondary N) is 1. The van der Waals surface area contributed by atoms with Crippen LogP contribution in [0, 0.1) is 51.2 Å². The summed E-state index contributed by atoms with van der Waals surface area (Å²) >= 11 is 0. The zero-order valence-electron chi connectivity index (χ0n) is 32.1. The van der Waals surface area contributed by atoms with Crippen LogP contribution in [0.2, 0.25) is 0 Å². The maximum absolute atomic E-state index is 13.8. The zero-order chi connectivity index (χ0) is 35.7. The summed E-state index contributed by atoms with van der Waals surface area (Å²) in [5.74, 6) is 1.81. The van der Waals surface area contributed by atoms with Crippen LogP contribution in [0.25, 0.3) is 5.57 Å². The number of hydrogen-bond acceptors (Lipinski definition) is 3. The highest BCUT2D eigenvalue weighted by Gasteiger charge is 2.70. The first-order valence-corrected chi connectivity index (χ1v) is 19.3. The Bertz CT molecular complexity index is 1500. The molecule has 2 amide bonds. The van der Waals surface area contributed by atoms with Gasteiger partial charge in [-0.3, -0.25) is 0 Å². The van der Waals surface area contributed by atoms with Gasteiger partial charge in [0.25, 0.3) is 0 Å². The van der Waals surface area contributed by atoms with E-state index in [0.717, 1.165) is 45.2 Å². The number of carbonyl (C=O) groups excluding carboxylic acids is 1. The van der Waals surface area contributed by atoms with Crippen molar-refractivity contribution >= 4 is 17.6 Å². The summed E-state index contributed by atoms with van der Waals surface area (Å²) in [5.41, 5.74) is 4.70. The van der Waals surface area contributed by atoms with Crippen LogP contribution in [0.1, 0.15) is 122 Å². The number of allylic oxidation sites excluding steroid dienone is 3. The molecule has 5 aliphatic carbocycles. The molecule has 1 aromatic rings. The van der Waals surface area contributed by atoms with Crippen molar-refractivity contribution in [2.75, 3.05) is 34.2 Å². The summed E-state index contributed by atoms with van der Waals surface area (Å²) < 4.78 is 0. The summed E-state index contributed by atoms with van der Waals surface area (Å²) in [6.45, 7) is 21.4. The van der Waals surface area contributed by atoms with Crippen LogP contribution < -0.4 is 5.32 Å². The third kappa shape index (κ3) is 5.62. The van der Waals surface area contributed by atoms with Gasteiger partial charge in [0, 0.05) is 19.1 Å². The highest BCUT2D eigenvalue weighted by atomic mass is 16.4. The Kier molecular flexibility index (Phi) is 9.28. The largest absolute Gasteiger partial charge is 0.478 e. The van der Waals surface area contributed by atoms with E-state index in [-0.39, 0.29) is 33.2 Å². The second kappa shape index (κ2) is 12.6. The molecular formula is C43H65N3O3. The number of carbonyl (C=O) groups is 2. The van der Waals surface area contributed by atoms with Crippen molar-refractivity contribution in [1.82, 2.24) is 15.1 Å². The van der Waals surface area contributed by atoms with Gasteiger partial charge in [0.1, 0.15) is 0 Å². The van der Waals surface area contributed by atoms with E-state index >= 15 is 0 Å². The number of carboxylic acids is 1. The fourth-order valence-corrected chi connectivity index (χ4v) is 13.3. The molecule has 6 rings (SSSR count). The Hall–Kier alpha value is -2.60. The maximum Gasteiger partial charge on any atom is 0.335 e. The van der Waals surface area contributed by atoms with Crippen molar-refractivity contribution in [2.24, 2.45) is 51.2 Å². The molecule has 6 heteroatoms. The average Bonchev–Trinajstić information content (AvgIpc) is 3.40. The number of urea groups is 1. The van der Waals surface area contributed by atoms with Crippen LogP contribution in [-0.4, -0.2) is 66.7 Å². The molecule has 270 valence electrons. The Morgan fingerprint density at radius 2 is 1.57 bits per heavy atom. The monoisotopic (exact) mass is 672 g/mol. The summed E-state index contributed by atoms with van der Waals surface area (Å²) in [5, 5.41) is 13.2. The van der Waals surface area contributed by atoms with Crippen LogP contribution in [-0.2, 0) is 0 Å². The molecule has 49 heavy (non-hydrogen) atoms. The van der Waals surface area contributed by atoms with E-state index in [2.05, 4.69) is 78.5 Å². The fourth-order valence-electron chi connectivity index (χ4n) is 13.3. The van der Waals surface area contributed by atoms with Gasteiger partial charge in [0.2, 0.25) is 0 Å². The van der Waals surface area contributed by atoms with Gasteiger partial charge in [-0.1, -0.05) is 65.0 Å². The SMILES string of the molecule is C=C(C)C1CCC2(NC(=O)N(C)CCCN(C)C)CCC3(C)C(CCC4C5(C)CC=C(c6ccc(C(=O)O)cc6)C(C)(C)C5CCC43C)C12. The van der Waals surface area contributed by atoms with Crippen LogP contribution in [0.3, 0.4) is 0 Å². The van der Waals surface area contributed by atoms with E-state index < -0.39 is 5.97 Å². The van der Waals surface area contributed by atoms with Crippen molar-refractivity contribution in [1.29, 1.82) is 0 Å². The van der Waals surface area contributed by atoms with Crippen LogP contribution >= 0.6 is 0 Å². The second-order valence-corrected chi connectivity index (χ2v) is 18.8. The topological polar surface area (TPSA) is 72.9 Å². The van der Waals surface area contributed by atoms with Gasteiger partial charge in [0.15, 0.2) is 0 Å². The Morgan fingerprint density at radius 1 is 0.878 bits per heavy atom. The third-order valence-electron chi connectivity index (χ3n) is 15.9. The Labute approximate surface area is 297 Å². The fraction of sp³-hybridized carbons (Fsp3) is 0.721. The molecule has 0 spiro atoms. The van der Waals surface area contributed by atoms with Crippen molar-refractivity contribution < 1.29 is 14.7 Å². The molecule has 0 radical (unpaired) electrons. The van der Waals surface area contributed by atoms with Gasteiger partial charge in [-0.25, -0.2) is 9.59 Å². The smallest absolute Gasteiger partial charge is 0.335 e. The minimum absolute atomic E-state index is 0.00209. The lowest BCUT2D eigenvalue weighted by atomic mass is 9.33. The number of benzene rings is 1. The Balaban J connectivity index is 1.29. The molecule has 9 unspecified atom stereocenters. The van der Waals surface area contributed by atoms with Crippen LogP contribution in [0.4, 0.5) is 4.79 Å². The van der Waals surface area contributed by atoms with Crippen molar-refractivity contribution in [2.45, 2.75) is 111 Å². The highest BCUT2D eigenvalue weighted by molar-refractivity contribution is 5.88. The molecule has 1 aromatic carbocycles. The summed E-state index contributed by atoms with van der Waals surface area (Å²) in [4.78, 5) is 29.5. The molecule has 0 saturated heterocycles. The molecule has 0 aliphatic heterocycles. The molecule has 0 bridgehead atoms. The van der Waals surface area contributed by atoms with Gasteiger partial charge < -0.3 is 20.2 Å². The van der Waals surface area contributed by atoms with E-state index in [9.17, 15) is 14.7 Å². The molecule has 6 nitrogen and oxygen atoms in total. The number of aromatic carboxylic acids is 1. The minimum atomic E-state index is -0.871. The van der Waals surface area contributed by atoms with Gasteiger partial charge in [0.05, 0.1) is 5.56 Å². The normalized spacial score (nSPS) is 39.1. The summed E-state index contributed by atoms with van der Waals surface area (Å²) in [7, 11) is 6.15. The van der Waals surface area contributed by atoms with Crippen molar-refractivity contribution in [3.8, 4) is 0 Å². The number of hydrogen-bond donors (Lipinski definition) is 2. The van der Waals surface area contributed by atoms with Gasteiger partial charge >= 0.3 is 12.0 Å². The lowest BCUT2D eigenvalue weighted by Crippen LogP contribution is -2.68. The lowest BCUT2D eigenvalue weighted by Gasteiger charge is -2.72. The second-order valence-electron chi connectivity index (χ2n) is 18.8. The zero-order valence-corrected chi connectivity index (χ0v) is 32.1. The molecular weight excluding hydrogens is 606 g/mol. The minimum Gasteiger partial charge on any atom is -0.478 e. The molecule has 0 heterocycles. The van der Waals surface area contributed by atoms with E-state index in [0.29, 0.717) is 35.2 Å². The van der Waals surface area contributed by atoms with Crippen molar-refractivity contribution in [3.05, 3.63) is 53.6 Å². The summed E-state index contributed by atoms with van der Waals surface area (Å²) in [6.07, 6.45) is 14.0. The third-order valence-corrected chi connectivity index (χ3v) is 15.9. The van der Waals surface area contributed by atoms with E-state index in [1.807, 2.05) is 24.1 Å². The first-order chi connectivity index (χ1) is 22.9. The molecule has 2 N–H and O–H groups in total. The van der Waals surface area contributed by atoms with Gasteiger partial charge in [-0.2, -0.15) is 0 Å². The average molecular weight is 672 g/mol. The number of carboxylic acid groups (broad SMARTS) is 1. The first kappa shape index (κ1) is 36.2. The predicted molar refractivity (Wildman–Crippen MR) is 200 cm³/mol. The predicted octanol–water partition coefficient (Wildman–Crippen LogP) is 9.38.